The van der Waals surface area contributed by atoms with Crippen LogP contribution in [0.25, 0.3) is 0 Å². The summed E-state index contributed by atoms with van der Waals surface area (Å²) in [4.78, 5) is 11.9. The van der Waals surface area contributed by atoms with Gasteiger partial charge in [0.15, 0.2) is 0 Å². The molecule has 1 unspecified atom stereocenters. The van der Waals surface area contributed by atoms with E-state index >= 15 is 0 Å². The van der Waals surface area contributed by atoms with E-state index in [1.165, 1.54) is 0 Å². The average Bonchev–Trinajstić information content (AvgIpc) is 2.28. The second kappa shape index (κ2) is 8.41. The summed E-state index contributed by atoms with van der Waals surface area (Å²) in [5.41, 5.74) is 6.74. The monoisotopic (exact) mass is 304 g/mol. The van der Waals surface area contributed by atoms with Crippen molar-refractivity contribution in [3.05, 3.63) is 34.9 Å². The molecule has 0 aromatic heterocycles. The third kappa shape index (κ3) is 5.81. The SMILES string of the molecule is CC(C)C[C@H](N)C(=O)NC(C)c1ccccc1Cl.Cl. The summed E-state index contributed by atoms with van der Waals surface area (Å²) < 4.78 is 0. The lowest BCUT2D eigenvalue weighted by Gasteiger charge is -2.19. The van der Waals surface area contributed by atoms with Crippen LogP contribution in [0, 0.1) is 5.92 Å². The van der Waals surface area contributed by atoms with Crippen molar-refractivity contribution in [2.75, 3.05) is 0 Å². The maximum atomic E-state index is 11.9. The van der Waals surface area contributed by atoms with Gasteiger partial charge in [-0.05, 0) is 30.9 Å². The molecule has 19 heavy (non-hydrogen) atoms. The number of nitrogens with one attached hydrogen (secondary N) is 1. The van der Waals surface area contributed by atoms with Gasteiger partial charge in [0.05, 0.1) is 12.1 Å². The molecule has 0 aliphatic carbocycles. The van der Waals surface area contributed by atoms with Crippen molar-refractivity contribution in [2.24, 2.45) is 11.7 Å². The zero-order valence-electron chi connectivity index (χ0n) is 11.5. The molecule has 0 heterocycles. The fourth-order valence-corrected chi connectivity index (χ4v) is 2.14. The van der Waals surface area contributed by atoms with E-state index in [2.05, 4.69) is 5.32 Å². The summed E-state index contributed by atoms with van der Waals surface area (Å²) in [6, 6.07) is 6.89. The highest BCUT2D eigenvalue weighted by Crippen LogP contribution is 2.22. The van der Waals surface area contributed by atoms with Crippen molar-refractivity contribution in [1.82, 2.24) is 5.32 Å². The number of hydrogen-bond acceptors (Lipinski definition) is 2. The van der Waals surface area contributed by atoms with Crippen molar-refractivity contribution < 1.29 is 4.79 Å². The lowest BCUT2D eigenvalue weighted by molar-refractivity contribution is -0.123. The zero-order valence-corrected chi connectivity index (χ0v) is 13.1. The van der Waals surface area contributed by atoms with Crippen molar-refractivity contribution >= 4 is 29.9 Å². The number of amides is 1. The normalized spacial score (nSPS) is 13.6. The van der Waals surface area contributed by atoms with Gasteiger partial charge in [0.1, 0.15) is 0 Å². The minimum atomic E-state index is -0.463. The molecule has 0 fully saturated rings. The van der Waals surface area contributed by atoms with E-state index in [1.807, 2.05) is 45.0 Å². The van der Waals surface area contributed by atoms with Crippen molar-refractivity contribution in [3.8, 4) is 0 Å². The summed E-state index contributed by atoms with van der Waals surface area (Å²) in [6.07, 6.45) is 0.682. The molecule has 1 aromatic carbocycles. The molecular weight excluding hydrogens is 283 g/mol. The van der Waals surface area contributed by atoms with Crippen LogP contribution < -0.4 is 11.1 Å². The van der Waals surface area contributed by atoms with Gasteiger partial charge in [0, 0.05) is 5.02 Å². The predicted molar refractivity (Wildman–Crippen MR) is 82.7 cm³/mol. The summed E-state index contributed by atoms with van der Waals surface area (Å²) in [6.45, 7) is 6.00. The van der Waals surface area contributed by atoms with Crippen LogP contribution >= 0.6 is 24.0 Å². The van der Waals surface area contributed by atoms with Crippen molar-refractivity contribution in [2.45, 2.75) is 39.3 Å². The van der Waals surface area contributed by atoms with E-state index < -0.39 is 6.04 Å². The van der Waals surface area contributed by atoms with Crippen LogP contribution in [0.4, 0.5) is 0 Å². The highest BCUT2D eigenvalue weighted by molar-refractivity contribution is 6.31. The molecule has 0 aliphatic rings. The molecule has 1 aromatic rings. The summed E-state index contributed by atoms with van der Waals surface area (Å²) in [5.74, 6) is 0.275. The first kappa shape index (κ1) is 18.2. The first-order valence-corrected chi connectivity index (χ1v) is 6.60. The van der Waals surface area contributed by atoms with Gasteiger partial charge in [-0.2, -0.15) is 0 Å². The second-order valence-corrected chi connectivity index (χ2v) is 5.40. The van der Waals surface area contributed by atoms with Gasteiger partial charge in [0.25, 0.3) is 0 Å². The number of carbonyl (C=O) groups excluding carboxylic acids is 1. The maximum Gasteiger partial charge on any atom is 0.237 e. The molecule has 0 bridgehead atoms. The molecule has 1 rings (SSSR count). The topological polar surface area (TPSA) is 55.1 Å². The molecule has 108 valence electrons. The number of carbonyl (C=O) groups is 1. The first-order chi connectivity index (χ1) is 8.41. The van der Waals surface area contributed by atoms with Gasteiger partial charge in [-0.15, -0.1) is 12.4 Å². The summed E-state index contributed by atoms with van der Waals surface area (Å²) >= 11 is 6.08. The van der Waals surface area contributed by atoms with Crippen molar-refractivity contribution in [3.63, 3.8) is 0 Å². The van der Waals surface area contributed by atoms with Crippen LogP contribution in [0.5, 0.6) is 0 Å². The van der Waals surface area contributed by atoms with Gasteiger partial charge >= 0.3 is 0 Å². The Morgan fingerprint density at radius 1 is 1.32 bits per heavy atom. The Labute approximate surface area is 126 Å². The number of halogens is 2. The second-order valence-electron chi connectivity index (χ2n) is 4.99. The molecule has 0 aliphatic heterocycles. The zero-order chi connectivity index (χ0) is 13.7. The quantitative estimate of drug-likeness (QED) is 0.877. The Balaban J connectivity index is 0.00000324. The Morgan fingerprint density at radius 2 is 1.89 bits per heavy atom. The largest absolute Gasteiger partial charge is 0.348 e. The molecule has 1 amide bonds. The van der Waals surface area contributed by atoms with Crippen LogP contribution in [-0.2, 0) is 4.79 Å². The molecule has 0 radical (unpaired) electrons. The highest BCUT2D eigenvalue weighted by Gasteiger charge is 2.18. The molecule has 3 nitrogen and oxygen atoms in total. The van der Waals surface area contributed by atoms with Crippen LogP contribution in [0.15, 0.2) is 24.3 Å². The summed E-state index contributed by atoms with van der Waals surface area (Å²) in [7, 11) is 0. The van der Waals surface area contributed by atoms with Crippen LogP contribution in [0.1, 0.15) is 38.8 Å². The predicted octanol–water partition coefficient (Wildman–Crippen LogP) is 3.31. The van der Waals surface area contributed by atoms with E-state index in [1.54, 1.807) is 0 Å². The van der Waals surface area contributed by atoms with Gasteiger partial charge in [-0.3, -0.25) is 4.79 Å². The van der Waals surface area contributed by atoms with E-state index in [9.17, 15) is 4.79 Å². The van der Waals surface area contributed by atoms with E-state index in [0.29, 0.717) is 17.4 Å². The minimum Gasteiger partial charge on any atom is -0.348 e. The number of hydrogen-bond donors (Lipinski definition) is 2. The minimum absolute atomic E-state index is 0. The fourth-order valence-electron chi connectivity index (χ4n) is 1.84. The lowest BCUT2D eigenvalue weighted by Crippen LogP contribution is -2.42. The Morgan fingerprint density at radius 3 is 2.42 bits per heavy atom. The molecular formula is C14H22Cl2N2O. The van der Waals surface area contributed by atoms with Gasteiger partial charge < -0.3 is 11.1 Å². The Bertz CT molecular complexity index is 410. The maximum absolute atomic E-state index is 11.9. The van der Waals surface area contributed by atoms with E-state index in [0.717, 1.165) is 5.56 Å². The van der Waals surface area contributed by atoms with E-state index in [4.69, 9.17) is 17.3 Å². The Hall–Kier alpha value is -0.770. The van der Waals surface area contributed by atoms with Gasteiger partial charge in [0.2, 0.25) is 5.91 Å². The smallest absolute Gasteiger partial charge is 0.237 e. The van der Waals surface area contributed by atoms with Crippen LogP contribution in [0.3, 0.4) is 0 Å². The average molecular weight is 305 g/mol. The highest BCUT2D eigenvalue weighted by atomic mass is 35.5. The molecule has 0 spiro atoms. The third-order valence-corrected chi connectivity index (χ3v) is 3.14. The molecule has 0 saturated heterocycles. The van der Waals surface area contributed by atoms with Crippen LogP contribution in [0.2, 0.25) is 5.02 Å². The fraction of sp³-hybridized carbons (Fsp3) is 0.500. The Kier molecular flexibility index (Phi) is 8.07. The first-order valence-electron chi connectivity index (χ1n) is 6.22. The lowest BCUT2D eigenvalue weighted by atomic mass is 10.0. The standard InChI is InChI=1S/C14H21ClN2O.ClH/c1-9(2)8-13(16)14(18)17-10(3)11-6-4-5-7-12(11)15;/h4-7,9-10,13H,8,16H2,1-3H3,(H,17,18);1H/t10?,13-;/m0./s1. The van der Waals surface area contributed by atoms with Gasteiger partial charge in [-0.25, -0.2) is 0 Å². The van der Waals surface area contributed by atoms with Crippen LogP contribution in [-0.4, -0.2) is 11.9 Å². The number of benzene rings is 1. The molecule has 0 saturated carbocycles. The van der Waals surface area contributed by atoms with Gasteiger partial charge in [-0.1, -0.05) is 43.6 Å². The third-order valence-electron chi connectivity index (χ3n) is 2.79. The number of rotatable bonds is 5. The summed E-state index contributed by atoms with van der Waals surface area (Å²) in [5, 5.41) is 3.55. The molecule has 5 heteroatoms. The molecule has 3 N–H and O–H groups in total. The van der Waals surface area contributed by atoms with E-state index in [-0.39, 0.29) is 24.4 Å². The molecule has 2 atom stereocenters. The van der Waals surface area contributed by atoms with Crippen molar-refractivity contribution in [1.29, 1.82) is 0 Å². The number of nitrogens with two attached hydrogens (primary N) is 1.